The van der Waals surface area contributed by atoms with Gasteiger partial charge < -0.3 is 9.32 Å². The number of hydrogen-bond donors (Lipinski definition) is 0. The van der Waals surface area contributed by atoms with E-state index in [-0.39, 0.29) is 5.41 Å². The second-order valence-electron chi connectivity index (χ2n) is 31.8. The molecule has 0 fully saturated rings. The zero-order valence-corrected chi connectivity index (χ0v) is 83.4. The number of anilines is 3. The number of aryl methyl sites for hydroxylation is 3. The van der Waals surface area contributed by atoms with Crippen molar-refractivity contribution in [2.75, 3.05) is 4.90 Å². The van der Waals surface area contributed by atoms with Crippen LogP contribution in [0.5, 0.6) is 0 Å². The van der Waals surface area contributed by atoms with Crippen molar-refractivity contribution in [3.63, 3.8) is 0 Å². The van der Waals surface area contributed by atoms with Crippen LogP contribution in [0, 0.1) is 20.8 Å². The molecule has 129 heavy (non-hydrogen) atoms. The van der Waals surface area contributed by atoms with Gasteiger partial charge in [0, 0.05) is 143 Å². The number of imidazole rings is 2. The first-order valence-electron chi connectivity index (χ1n) is 39.7. The summed E-state index contributed by atoms with van der Waals surface area (Å²) in [6.45, 7) is 10.2. The van der Waals surface area contributed by atoms with E-state index in [2.05, 4.69) is 63.9 Å². The van der Waals surface area contributed by atoms with Crippen LogP contribution in [0.25, 0.3) is 72.4 Å². The highest BCUT2D eigenvalue weighted by molar-refractivity contribution is 6.46. The second-order valence-corrected chi connectivity index (χ2v) is 40.4. The normalized spacial score (nSPS) is 13.1. The topological polar surface area (TPSA) is 43.0 Å². The lowest BCUT2D eigenvalue weighted by Crippen LogP contribution is -2.30. The van der Waals surface area contributed by atoms with Gasteiger partial charge in [0.15, 0.2) is 5.58 Å². The number of benzene rings is 15. The fourth-order valence-corrected chi connectivity index (χ4v) is 25.5. The molecule has 0 aliphatic carbocycles. The van der Waals surface area contributed by atoms with Crippen LogP contribution in [0.4, 0.5) is 17.1 Å². The van der Waals surface area contributed by atoms with Crippen molar-refractivity contribution in [3.8, 4) is 16.8 Å². The molecule has 0 radical (unpaired) electrons. The molecule has 4 aromatic heterocycles. The molecule has 0 saturated heterocycles. The Bertz CT molecular complexity index is 7110. The van der Waals surface area contributed by atoms with E-state index in [1.807, 2.05) is 207 Å². The molecule has 0 saturated carbocycles. The van der Waals surface area contributed by atoms with Crippen molar-refractivity contribution in [1.82, 2.24) is 18.4 Å². The van der Waals surface area contributed by atoms with Crippen LogP contribution in [0.1, 0.15) is 109 Å². The first-order valence-corrected chi connectivity index (χ1v) is 47.6. The summed E-state index contributed by atoms with van der Waals surface area (Å²) in [5.41, 5.74) is 22.3. The third kappa shape index (κ3) is 16.8. The first-order chi connectivity index (χ1) is 61.7. The maximum atomic E-state index is 7.22. The van der Waals surface area contributed by atoms with Gasteiger partial charge in [-0.15, -0.1) is 0 Å². The zero-order chi connectivity index (χ0) is 91.1. The summed E-state index contributed by atoms with van der Waals surface area (Å²) in [6, 6.07) is 80.6. The van der Waals surface area contributed by atoms with Gasteiger partial charge in [0.2, 0.25) is 11.5 Å². The number of rotatable bonds is 12. The van der Waals surface area contributed by atoms with Gasteiger partial charge in [0.05, 0.1) is 91.5 Å². The Morgan fingerprint density at radius 2 is 0.605 bits per heavy atom. The summed E-state index contributed by atoms with van der Waals surface area (Å²) in [7, 11) is 0. The van der Waals surface area contributed by atoms with E-state index in [9.17, 15) is 0 Å². The van der Waals surface area contributed by atoms with Crippen LogP contribution in [-0.2, 0) is 5.41 Å². The number of nitrogens with zero attached hydrogens (tertiary/aromatic N) is 5. The minimum Gasteiger partial charge on any atom is -0.438 e. The van der Waals surface area contributed by atoms with Crippen LogP contribution in [-0.4, -0.2) is 18.4 Å². The van der Waals surface area contributed by atoms with Gasteiger partial charge in [-0.05, 0) is 229 Å². The van der Waals surface area contributed by atoms with Gasteiger partial charge in [-0.25, -0.2) is 4.98 Å². The molecule has 0 N–H and O–H groups in total. The summed E-state index contributed by atoms with van der Waals surface area (Å²) < 4.78 is 12.6. The maximum Gasteiger partial charge on any atom is 0.220 e. The zero-order valence-electron chi connectivity index (χ0n) is 67.6. The number of aromatic nitrogens is 4. The molecule has 1 aliphatic heterocycles. The van der Waals surface area contributed by atoms with Crippen LogP contribution in [0.2, 0.25) is 105 Å². The largest absolute Gasteiger partial charge is 0.438 e. The Labute approximate surface area is 847 Å². The number of oxazole rings is 1. The summed E-state index contributed by atoms with van der Waals surface area (Å²) in [4.78, 5) is 7.09. The Kier molecular flexibility index (Phi) is 26.4. The van der Waals surface area contributed by atoms with E-state index in [4.69, 9.17) is 253 Å². The quantitative estimate of drug-likeness (QED) is 0.115. The molecule has 0 bridgehead atoms. The minimum absolute atomic E-state index is 0.227. The van der Waals surface area contributed by atoms with Crippen molar-refractivity contribution in [2.24, 2.45) is 0 Å². The number of para-hydroxylation sites is 9. The van der Waals surface area contributed by atoms with E-state index in [0.29, 0.717) is 178 Å². The lowest BCUT2D eigenvalue weighted by atomic mass is 9.73. The van der Waals surface area contributed by atoms with Crippen molar-refractivity contribution in [3.05, 3.63) is 438 Å². The SMILES string of the molecule is Cc1cc(Cl)c(C(c2cc(Cl)c(-c3c4ccccc4n4c3oc3ccccc34)c(Cl)c2)c2c(Cl)cc(Cl)cc2Cl)c(Cl)c1.Cc1cc(Cl)c(C(c2cc(Cl)c(-n3c4ccccc4n4c5ccccc5nc34)c(Cl)c2)c2c(Cl)cc(Cl)cc2Cl)c(Cl)c1.Cc1cc(Cl)c(C(c2cc(Cl)c(N3c4ccccc4C(C)(C)c4ccccc43)c(Cl)c2)c2c(Cl)cc(Cl)cc2Cl)c(Cl)c1. The van der Waals surface area contributed by atoms with Crippen LogP contribution in [0.15, 0.2) is 259 Å². The van der Waals surface area contributed by atoms with Gasteiger partial charge in [0.1, 0.15) is 0 Å². The Morgan fingerprint density at radius 1 is 0.287 bits per heavy atom. The number of halogens is 21. The molecule has 6 nitrogen and oxygen atoms in total. The Balaban J connectivity index is 0.000000130. The fraction of sp³-hybridized carbons (Fsp3) is 0.0882. The summed E-state index contributed by atoms with van der Waals surface area (Å²) in [6.07, 6.45) is 0. The summed E-state index contributed by atoms with van der Waals surface area (Å²) in [5, 5.41) is 9.57. The molecule has 3 atom stereocenters. The highest BCUT2D eigenvalue weighted by atomic mass is 35.5. The lowest BCUT2D eigenvalue weighted by molar-refractivity contribution is 0.632. The predicted molar refractivity (Wildman–Crippen MR) is 554 cm³/mol. The lowest BCUT2D eigenvalue weighted by Gasteiger charge is -2.42. The summed E-state index contributed by atoms with van der Waals surface area (Å²) >= 11 is 144. The molecule has 0 amide bonds. The molecule has 1 aliphatic rings. The van der Waals surface area contributed by atoms with Gasteiger partial charge in [-0.1, -0.05) is 348 Å². The second kappa shape index (κ2) is 36.9. The van der Waals surface area contributed by atoms with Crippen molar-refractivity contribution in [1.29, 1.82) is 0 Å². The van der Waals surface area contributed by atoms with Gasteiger partial charge in [0.25, 0.3) is 0 Å². The molecule has 3 unspecified atom stereocenters. The van der Waals surface area contributed by atoms with Crippen molar-refractivity contribution < 1.29 is 4.42 Å². The van der Waals surface area contributed by atoms with E-state index in [1.165, 1.54) is 11.1 Å². The monoisotopic (exact) mass is 2100 g/mol. The summed E-state index contributed by atoms with van der Waals surface area (Å²) in [5.74, 6) is -1.14. The predicted octanol–water partition coefficient (Wildman–Crippen LogP) is 39.9. The van der Waals surface area contributed by atoms with E-state index in [0.717, 1.165) is 83.3 Å². The van der Waals surface area contributed by atoms with Gasteiger partial charge in [-0.3, -0.25) is 13.4 Å². The first kappa shape index (κ1) is 92.3. The third-order valence-electron chi connectivity index (χ3n) is 23.3. The maximum absolute atomic E-state index is 7.22. The molecule has 20 rings (SSSR count). The fourth-order valence-electron chi connectivity index (χ4n) is 17.9. The van der Waals surface area contributed by atoms with Crippen LogP contribution in [0.3, 0.4) is 0 Å². The number of hydrogen-bond acceptors (Lipinski definition) is 3. The molecule has 19 aromatic rings. The molecule has 27 heteroatoms. The smallest absolute Gasteiger partial charge is 0.220 e. The van der Waals surface area contributed by atoms with Gasteiger partial charge >= 0.3 is 0 Å². The average molecular weight is 2120 g/mol. The molecule has 5 heterocycles. The van der Waals surface area contributed by atoms with Crippen molar-refractivity contribution in [2.45, 2.75) is 57.8 Å². The Morgan fingerprint density at radius 3 is 1.02 bits per heavy atom. The minimum atomic E-state index is -0.614. The molecule has 15 aromatic carbocycles. The standard InChI is InChI=1S/C35H24Cl7N.C34H18Cl7NO.C33H18Cl7N3/c1-18-12-23(37)32(24(38)13-18)31(33-25(39)16-20(36)17-26(33)40)19-14-27(41)34(28(42)15-19)43-29-10-6-4-8-21(29)35(2,3)22-9-5-7-11-30(22)43;1-16-10-20(36)31(21(37)11-16)29(32-24(40)14-18(35)15-25(32)41)17-12-22(38)33(23(39)13-17)30-19-6-2-3-7-26(19)42-27-8-4-5-9-28(27)43-34(30)42;1-16-10-19(35)30(20(36)11-16)29(31-21(37)14-18(34)15-22(31)38)17-12-23(39)32(24(40)13-17)43-28-9-5-4-8-27(28)42-26-7-3-2-6-25(26)41-33(42)43/h4-17,31H,1-3H3;2*2-15,29H,1H3. The average Bonchev–Trinajstić information content (AvgIpc) is 1.10. The van der Waals surface area contributed by atoms with Crippen molar-refractivity contribution >= 4 is 316 Å². The molecular weight excluding hydrogens is 2060 g/mol. The molecule has 646 valence electrons. The third-order valence-corrected chi connectivity index (χ3v) is 29.4. The highest BCUT2D eigenvalue weighted by Gasteiger charge is 2.40. The van der Waals surface area contributed by atoms with Crippen LogP contribution < -0.4 is 4.90 Å². The van der Waals surface area contributed by atoms with E-state index < -0.39 is 17.8 Å². The molecule has 0 spiro atoms. The van der Waals surface area contributed by atoms with E-state index in [1.54, 1.807) is 36.4 Å². The number of fused-ring (bicyclic) bond motifs is 12. The molecular formula is C102H60Cl21N5O. The van der Waals surface area contributed by atoms with Crippen LogP contribution >= 0.6 is 244 Å². The van der Waals surface area contributed by atoms with E-state index >= 15 is 0 Å². The van der Waals surface area contributed by atoms with Gasteiger partial charge in [-0.2, -0.15) is 0 Å². The highest BCUT2D eigenvalue weighted by Crippen LogP contribution is 2.59. The Hall–Kier alpha value is -7.20.